The molecule has 0 aromatic rings. The maximum atomic E-state index is 11.7. The van der Waals surface area contributed by atoms with E-state index in [1.54, 1.807) is 0 Å². The second-order valence-electron chi connectivity index (χ2n) is 5.10. The smallest absolute Gasteiger partial charge is 0.223 e. The van der Waals surface area contributed by atoms with Crippen molar-refractivity contribution < 1.29 is 4.79 Å². The molecule has 0 radical (unpaired) electrons. The van der Waals surface area contributed by atoms with Crippen molar-refractivity contribution in [2.45, 2.75) is 60.3 Å². The van der Waals surface area contributed by atoms with Crippen LogP contribution >= 0.6 is 0 Å². The zero-order valence-electron chi connectivity index (χ0n) is 11.7. The van der Waals surface area contributed by atoms with Gasteiger partial charge in [-0.3, -0.25) is 4.79 Å². The molecular formula is C14H29NO. The lowest BCUT2D eigenvalue weighted by molar-refractivity contribution is -0.126. The minimum absolute atomic E-state index is 0.283. The van der Waals surface area contributed by atoms with E-state index in [4.69, 9.17) is 0 Å². The van der Waals surface area contributed by atoms with Crippen LogP contribution in [0.25, 0.3) is 0 Å². The summed E-state index contributed by atoms with van der Waals surface area (Å²) in [6, 6.07) is 0. The Morgan fingerprint density at radius 1 is 1.19 bits per heavy atom. The highest BCUT2D eigenvalue weighted by molar-refractivity contribution is 5.78. The van der Waals surface area contributed by atoms with Crippen molar-refractivity contribution in [3.63, 3.8) is 0 Å². The quantitative estimate of drug-likeness (QED) is 0.784. The summed E-state index contributed by atoms with van der Waals surface area (Å²) in [5.74, 6) is 1.96. The van der Waals surface area contributed by atoms with Crippen molar-refractivity contribution in [2.24, 2.45) is 17.8 Å². The van der Waals surface area contributed by atoms with E-state index in [1.165, 1.54) is 12.8 Å². The third kappa shape index (κ3) is 6.14. The molecule has 1 rings (SSSR count). The molecule has 0 aromatic carbocycles. The maximum absolute atomic E-state index is 11.7. The molecule has 0 unspecified atom stereocenters. The van der Waals surface area contributed by atoms with E-state index in [2.05, 4.69) is 26.1 Å². The molecule has 0 atom stereocenters. The van der Waals surface area contributed by atoms with Crippen LogP contribution < -0.4 is 5.32 Å². The molecule has 0 bridgehead atoms. The zero-order valence-corrected chi connectivity index (χ0v) is 11.7. The van der Waals surface area contributed by atoms with Gasteiger partial charge in [-0.2, -0.15) is 0 Å². The van der Waals surface area contributed by atoms with Crippen molar-refractivity contribution in [2.75, 3.05) is 6.54 Å². The van der Waals surface area contributed by atoms with Crippen LogP contribution in [-0.4, -0.2) is 12.5 Å². The lowest BCUT2D eigenvalue weighted by atomic mass is 9.82. The Bertz CT molecular complexity index is 181. The van der Waals surface area contributed by atoms with Crippen molar-refractivity contribution in [1.29, 1.82) is 0 Å². The first-order valence-corrected chi connectivity index (χ1v) is 6.87. The number of carbonyl (C=O) groups is 1. The van der Waals surface area contributed by atoms with Crippen molar-refractivity contribution in [3.8, 4) is 0 Å². The van der Waals surface area contributed by atoms with E-state index in [0.29, 0.717) is 11.8 Å². The molecule has 1 fully saturated rings. The van der Waals surface area contributed by atoms with Crippen LogP contribution in [0.3, 0.4) is 0 Å². The molecule has 1 N–H and O–H groups in total. The normalized spacial score (nSPS) is 24.6. The lowest BCUT2D eigenvalue weighted by Crippen LogP contribution is -2.35. The van der Waals surface area contributed by atoms with Crippen LogP contribution in [0.1, 0.15) is 60.3 Å². The van der Waals surface area contributed by atoms with Crippen LogP contribution in [0.5, 0.6) is 0 Å². The molecule has 2 heteroatoms. The number of carbonyl (C=O) groups excluding carboxylic acids is 1. The predicted octanol–water partition coefficient (Wildman–Crippen LogP) is 3.61. The summed E-state index contributed by atoms with van der Waals surface area (Å²) in [6.07, 6.45) is 4.62. The second kappa shape index (κ2) is 8.60. The molecule has 0 heterocycles. The van der Waals surface area contributed by atoms with Crippen molar-refractivity contribution in [3.05, 3.63) is 0 Å². The van der Waals surface area contributed by atoms with E-state index < -0.39 is 0 Å². The Labute approximate surface area is 101 Å². The topological polar surface area (TPSA) is 29.1 Å². The number of nitrogens with one attached hydrogen (secondary N) is 1. The Kier molecular flexibility index (Phi) is 8.32. The molecule has 0 aliphatic heterocycles. The molecule has 1 aliphatic carbocycles. The SMILES string of the molecule is CC.CC(C)CNC(=O)C1CCC(C)CC1. The van der Waals surface area contributed by atoms with Crippen LogP contribution in [-0.2, 0) is 4.79 Å². The van der Waals surface area contributed by atoms with E-state index in [1.807, 2.05) is 13.8 Å². The predicted molar refractivity (Wildman–Crippen MR) is 70.3 cm³/mol. The number of hydrogen-bond acceptors (Lipinski definition) is 1. The third-order valence-corrected chi connectivity index (χ3v) is 3.07. The van der Waals surface area contributed by atoms with Crippen molar-refractivity contribution in [1.82, 2.24) is 5.32 Å². The highest BCUT2D eigenvalue weighted by Gasteiger charge is 2.23. The largest absolute Gasteiger partial charge is 0.356 e. The van der Waals surface area contributed by atoms with Crippen LogP contribution in [0.4, 0.5) is 0 Å². The van der Waals surface area contributed by atoms with Gasteiger partial charge in [-0.05, 0) is 37.5 Å². The highest BCUT2D eigenvalue weighted by Crippen LogP contribution is 2.28. The fourth-order valence-electron chi connectivity index (χ4n) is 1.97. The standard InChI is InChI=1S/C12H23NO.C2H6/c1-9(2)8-13-12(14)11-6-4-10(3)5-7-11;1-2/h9-11H,4-8H2,1-3H3,(H,13,14);1-2H3. The Hall–Kier alpha value is -0.530. The molecule has 16 heavy (non-hydrogen) atoms. The summed E-state index contributed by atoms with van der Waals surface area (Å²) < 4.78 is 0. The van der Waals surface area contributed by atoms with Gasteiger partial charge in [-0.1, -0.05) is 34.6 Å². The number of amides is 1. The summed E-state index contributed by atoms with van der Waals surface area (Å²) >= 11 is 0. The van der Waals surface area contributed by atoms with Gasteiger partial charge in [0.25, 0.3) is 0 Å². The van der Waals surface area contributed by atoms with E-state index in [-0.39, 0.29) is 5.91 Å². The maximum Gasteiger partial charge on any atom is 0.223 e. The second-order valence-corrected chi connectivity index (χ2v) is 5.10. The van der Waals surface area contributed by atoms with Gasteiger partial charge in [0.1, 0.15) is 0 Å². The first kappa shape index (κ1) is 15.5. The Balaban J connectivity index is 0.00000106. The van der Waals surface area contributed by atoms with E-state index >= 15 is 0 Å². The van der Waals surface area contributed by atoms with Gasteiger partial charge < -0.3 is 5.32 Å². The molecule has 96 valence electrons. The van der Waals surface area contributed by atoms with Crippen molar-refractivity contribution >= 4 is 5.91 Å². The van der Waals surface area contributed by atoms with Gasteiger partial charge in [0, 0.05) is 12.5 Å². The van der Waals surface area contributed by atoms with Gasteiger partial charge in [0.15, 0.2) is 0 Å². The van der Waals surface area contributed by atoms with Gasteiger partial charge in [0.2, 0.25) is 5.91 Å². The summed E-state index contributed by atoms with van der Waals surface area (Å²) in [5.41, 5.74) is 0. The average molecular weight is 227 g/mol. The molecule has 0 aromatic heterocycles. The molecule has 1 amide bonds. The summed E-state index contributed by atoms with van der Waals surface area (Å²) in [5, 5.41) is 3.03. The molecule has 2 nitrogen and oxygen atoms in total. The van der Waals surface area contributed by atoms with Gasteiger partial charge >= 0.3 is 0 Å². The van der Waals surface area contributed by atoms with Gasteiger partial charge in [0.05, 0.1) is 0 Å². The lowest BCUT2D eigenvalue weighted by Gasteiger charge is -2.25. The van der Waals surface area contributed by atoms with Crippen LogP contribution in [0.2, 0.25) is 0 Å². The summed E-state index contributed by atoms with van der Waals surface area (Å²) in [4.78, 5) is 11.7. The van der Waals surface area contributed by atoms with Crippen LogP contribution in [0, 0.1) is 17.8 Å². The first-order chi connectivity index (χ1) is 7.59. The molecule has 1 aliphatic rings. The Morgan fingerprint density at radius 2 is 1.69 bits per heavy atom. The van der Waals surface area contributed by atoms with Gasteiger partial charge in [-0.25, -0.2) is 0 Å². The molecule has 1 saturated carbocycles. The monoisotopic (exact) mass is 227 g/mol. The van der Waals surface area contributed by atoms with E-state index in [9.17, 15) is 4.79 Å². The zero-order chi connectivity index (χ0) is 12.6. The van der Waals surface area contributed by atoms with Crippen LogP contribution in [0.15, 0.2) is 0 Å². The third-order valence-electron chi connectivity index (χ3n) is 3.07. The average Bonchev–Trinajstić information content (AvgIpc) is 2.29. The molecular weight excluding hydrogens is 198 g/mol. The minimum atomic E-state index is 0.283. The number of rotatable bonds is 3. The molecule has 0 saturated heterocycles. The summed E-state index contributed by atoms with van der Waals surface area (Å²) in [7, 11) is 0. The highest BCUT2D eigenvalue weighted by atomic mass is 16.1. The molecule has 0 spiro atoms. The van der Waals surface area contributed by atoms with E-state index in [0.717, 1.165) is 25.3 Å². The first-order valence-electron chi connectivity index (χ1n) is 6.87. The number of hydrogen-bond donors (Lipinski definition) is 1. The van der Waals surface area contributed by atoms with Gasteiger partial charge in [-0.15, -0.1) is 0 Å². The Morgan fingerprint density at radius 3 is 2.12 bits per heavy atom. The fourth-order valence-corrected chi connectivity index (χ4v) is 1.97. The minimum Gasteiger partial charge on any atom is -0.356 e. The fraction of sp³-hybridized carbons (Fsp3) is 0.929. The summed E-state index contributed by atoms with van der Waals surface area (Å²) in [6.45, 7) is 11.4.